The molecule has 0 saturated carbocycles. The van der Waals surface area contributed by atoms with Crippen molar-refractivity contribution in [3.8, 4) is 0 Å². The van der Waals surface area contributed by atoms with Crippen molar-refractivity contribution >= 4 is 0 Å². The van der Waals surface area contributed by atoms with Gasteiger partial charge in [-0.15, -0.1) is 0 Å². The van der Waals surface area contributed by atoms with Gasteiger partial charge in [-0.05, 0) is 0 Å². The van der Waals surface area contributed by atoms with E-state index in [-0.39, 0.29) is 80.3 Å². The van der Waals surface area contributed by atoms with E-state index >= 15 is 0 Å². The third-order valence-corrected chi connectivity index (χ3v) is 0.800. The maximum absolute atomic E-state index is 3.56. The molecular formula is C16H36N6Y2-2. The third kappa shape index (κ3) is 67.0. The molecular weight excluding hydrogens is 454 g/mol. The van der Waals surface area contributed by atoms with Gasteiger partial charge < -0.3 is 14.9 Å². The molecule has 2 rings (SSSR count). The Labute approximate surface area is 201 Å². The zero-order chi connectivity index (χ0) is 16.5. The van der Waals surface area contributed by atoms with Crippen LogP contribution in [0.1, 0.15) is 55.4 Å². The normalized spacial score (nSPS) is 5.00. The predicted molar refractivity (Wildman–Crippen MR) is 97.9 cm³/mol. The Bertz CT molecular complexity index is 204. The molecule has 0 unspecified atom stereocenters. The molecule has 0 amide bonds. The minimum absolute atomic E-state index is 0. The van der Waals surface area contributed by atoms with Crippen molar-refractivity contribution < 1.29 is 65.4 Å². The van der Waals surface area contributed by atoms with E-state index in [0.717, 1.165) is 0 Å². The molecule has 0 fully saturated rings. The van der Waals surface area contributed by atoms with Crippen LogP contribution in [0, 0.1) is 14.9 Å². The molecule has 0 atom stereocenters. The Balaban J connectivity index is -0.0000000226. The van der Waals surface area contributed by atoms with E-state index in [0.29, 0.717) is 0 Å². The summed E-state index contributed by atoms with van der Waals surface area (Å²) in [5.74, 6) is 0. The van der Waals surface area contributed by atoms with Gasteiger partial charge in [0, 0.05) is 65.4 Å². The van der Waals surface area contributed by atoms with E-state index in [1.165, 1.54) is 38.0 Å². The van der Waals surface area contributed by atoms with Gasteiger partial charge in [-0.25, -0.2) is 29.9 Å². The van der Waals surface area contributed by atoms with Crippen LogP contribution in [0.25, 0.3) is 0 Å². The monoisotopic (exact) mass is 490 g/mol. The van der Waals surface area contributed by atoms with Crippen LogP contribution in [-0.4, -0.2) is 29.9 Å². The van der Waals surface area contributed by atoms with Gasteiger partial charge in [0.05, 0.1) is 0 Å². The number of hydrogen-bond acceptors (Lipinski definition) is 6. The number of rotatable bonds is 0. The van der Waals surface area contributed by atoms with Crippen molar-refractivity contribution in [2.75, 3.05) is 0 Å². The van der Waals surface area contributed by atoms with E-state index in [9.17, 15) is 0 Å². The second-order valence-corrected chi connectivity index (χ2v) is 1.59. The minimum Gasteiger partial charge on any atom is -0.358 e. The third-order valence-electron chi connectivity index (χ3n) is 0.800. The van der Waals surface area contributed by atoms with E-state index in [1.54, 1.807) is 0 Å². The van der Waals surface area contributed by atoms with Gasteiger partial charge in [0.2, 0.25) is 0 Å². The van der Waals surface area contributed by atoms with Gasteiger partial charge in [0.25, 0.3) is 0 Å². The van der Waals surface area contributed by atoms with Gasteiger partial charge in [-0.2, -0.15) is 0 Å². The molecule has 0 saturated heterocycles. The molecule has 8 heteroatoms. The summed E-state index contributed by atoms with van der Waals surface area (Å²) >= 11 is 0. The average Bonchev–Trinajstić information content (AvgIpc) is 2.65. The fourth-order valence-corrected chi connectivity index (χ4v) is 0.410. The number of aromatic nitrogens is 6. The predicted octanol–water partition coefficient (Wildman–Crippen LogP) is 4.74. The molecule has 0 spiro atoms. The maximum Gasteiger partial charge on any atom is 0.119 e. The van der Waals surface area contributed by atoms with Gasteiger partial charge in [-0.1, -0.05) is 55.4 Å². The molecule has 0 N–H and O–H groups in total. The van der Waals surface area contributed by atoms with E-state index in [1.807, 2.05) is 55.4 Å². The van der Waals surface area contributed by atoms with Crippen molar-refractivity contribution in [1.82, 2.24) is 29.9 Å². The first-order valence-corrected chi connectivity index (χ1v) is 7.10. The molecule has 0 aliphatic rings. The zero-order valence-electron chi connectivity index (χ0n) is 17.3. The van der Waals surface area contributed by atoms with Crippen LogP contribution in [0.4, 0.5) is 0 Å². The number of nitrogens with zero attached hydrogens (tertiary/aromatic N) is 6. The van der Waals surface area contributed by atoms with Crippen LogP contribution in [0.5, 0.6) is 0 Å². The minimum atomic E-state index is 0. The van der Waals surface area contributed by atoms with Crippen LogP contribution >= 0.6 is 0 Å². The van der Waals surface area contributed by atoms with E-state index in [4.69, 9.17) is 0 Å². The van der Waals surface area contributed by atoms with E-state index in [2.05, 4.69) is 29.9 Å². The molecule has 0 bridgehead atoms. The molecule has 6 nitrogen and oxygen atoms in total. The first kappa shape index (κ1) is 49.6. The topological polar surface area (TPSA) is 77.3 Å². The van der Waals surface area contributed by atoms with E-state index < -0.39 is 0 Å². The summed E-state index contributed by atoms with van der Waals surface area (Å²) in [6.07, 6.45) is 8.62. The van der Waals surface area contributed by atoms with Gasteiger partial charge in [0.15, 0.2) is 0 Å². The molecule has 2 aromatic heterocycles. The fourth-order valence-electron chi connectivity index (χ4n) is 0.410. The van der Waals surface area contributed by atoms with Crippen molar-refractivity contribution in [3.63, 3.8) is 0 Å². The summed E-state index contributed by atoms with van der Waals surface area (Å²) < 4.78 is 0. The van der Waals surface area contributed by atoms with Gasteiger partial charge in [-0.3, -0.25) is 0 Å². The Morgan fingerprint density at radius 1 is 0.333 bits per heavy atom. The summed E-state index contributed by atoms with van der Waals surface area (Å²) in [5.41, 5.74) is 0. The zero-order valence-corrected chi connectivity index (χ0v) is 23.0. The number of hydrogen-bond donors (Lipinski definition) is 0. The Morgan fingerprint density at radius 2 is 0.417 bits per heavy atom. The molecule has 0 aliphatic heterocycles. The summed E-state index contributed by atoms with van der Waals surface area (Å²) in [7, 11) is 0. The van der Waals surface area contributed by atoms with Crippen molar-refractivity contribution in [2.45, 2.75) is 55.4 Å². The standard InChI is InChI=1S/2C3H3N3.4C2H6.2CH3.2Y/c2*1-4-2-6-3-5-1;4*1-2;;;;/h2*1-3H;4*1-2H3;2*1H3;;/q;;;;;;2*-1;;. The van der Waals surface area contributed by atoms with Crippen molar-refractivity contribution in [3.05, 3.63) is 52.8 Å². The fraction of sp³-hybridized carbons (Fsp3) is 0.500. The molecule has 2 radical (unpaired) electrons. The van der Waals surface area contributed by atoms with Crippen LogP contribution in [0.15, 0.2) is 38.0 Å². The van der Waals surface area contributed by atoms with Gasteiger partial charge >= 0.3 is 0 Å². The molecule has 0 aliphatic carbocycles. The first-order chi connectivity index (χ1) is 10.0. The molecule has 138 valence electrons. The summed E-state index contributed by atoms with van der Waals surface area (Å²) in [4.78, 5) is 21.4. The molecule has 0 aromatic carbocycles. The Kier molecular flexibility index (Phi) is 159. The smallest absolute Gasteiger partial charge is 0.119 e. The second kappa shape index (κ2) is 76.8. The van der Waals surface area contributed by atoms with Crippen molar-refractivity contribution in [2.24, 2.45) is 0 Å². The van der Waals surface area contributed by atoms with Crippen LogP contribution in [0.3, 0.4) is 0 Å². The SMILES string of the molecule is CC.CC.CC.CC.[CH3-].[CH3-].[Y].[Y].c1ncncn1.c1ncncn1. The summed E-state index contributed by atoms with van der Waals surface area (Å²) in [6, 6.07) is 0. The second-order valence-electron chi connectivity index (χ2n) is 1.59. The Morgan fingerprint density at radius 3 is 0.458 bits per heavy atom. The van der Waals surface area contributed by atoms with Crippen LogP contribution in [-0.2, 0) is 65.4 Å². The first-order valence-electron chi connectivity index (χ1n) is 7.10. The largest absolute Gasteiger partial charge is 0.358 e. The summed E-state index contributed by atoms with van der Waals surface area (Å²) in [5, 5.41) is 0. The van der Waals surface area contributed by atoms with Crippen LogP contribution in [0.2, 0.25) is 0 Å². The maximum atomic E-state index is 3.56. The van der Waals surface area contributed by atoms with Gasteiger partial charge in [0.1, 0.15) is 38.0 Å². The van der Waals surface area contributed by atoms with Crippen LogP contribution < -0.4 is 0 Å². The molecule has 24 heavy (non-hydrogen) atoms. The summed E-state index contributed by atoms with van der Waals surface area (Å²) in [6.45, 7) is 16.0. The molecule has 2 aromatic rings. The quantitative estimate of drug-likeness (QED) is 0.497. The Hall–Kier alpha value is 0.228. The molecule has 2 heterocycles. The van der Waals surface area contributed by atoms with Crippen molar-refractivity contribution in [1.29, 1.82) is 0 Å². The average molecular weight is 490 g/mol.